The van der Waals surface area contributed by atoms with E-state index in [1.165, 1.54) is 11.6 Å². The van der Waals surface area contributed by atoms with Gasteiger partial charge in [0.25, 0.3) is 0 Å². The Labute approximate surface area is 155 Å². The van der Waals surface area contributed by atoms with Gasteiger partial charge in [-0.3, -0.25) is 4.40 Å². The first-order chi connectivity index (χ1) is 13.1. The zero-order valence-corrected chi connectivity index (χ0v) is 15.0. The lowest BCUT2D eigenvalue weighted by atomic mass is 9.95. The van der Waals surface area contributed by atoms with Crippen molar-refractivity contribution < 1.29 is 9.50 Å². The molecule has 3 aromatic heterocycles. The number of nitrogens with zero attached hydrogens (tertiary/aromatic N) is 4. The number of benzene rings is 1. The number of halogens is 1. The molecule has 1 N–H and O–H groups in total. The van der Waals surface area contributed by atoms with Gasteiger partial charge in [0.15, 0.2) is 11.5 Å². The fourth-order valence-electron chi connectivity index (χ4n) is 3.66. The molecule has 0 unspecified atom stereocenters. The fourth-order valence-corrected chi connectivity index (χ4v) is 3.66. The van der Waals surface area contributed by atoms with Crippen LogP contribution in [0.4, 0.5) is 4.39 Å². The van der Waals surface area contributed by atoms with Gasteiger partial charge in [0.05, 0.1) is 12.1 Å². The third-order valence-electron chi connectivity index (χ3n) is 5.61. The Bertz CT molecular complexity index is 1180. The molecule has 1 aliphatic carbocycles. The SMILES string of the molecule is CCc1ccc2nnc(-c3ccc4cc(F)c(C5(CO)CC5)cc4n3)n2c1. The van der Waals surface area contributed by atoms with Crippen LogP contribution in [0, 0.1) is 5.82 Å². The van der Waals surface area contributed by atoms with E-state index in [-0.39, 0.29) is 12.4 Å². The van der Waals surface area contributed by atoms with Crippen molar-refractivity contribution in [2.75, 3.05) is 6.61 Å². The van der Waals surface area contributed by atoms with E-state index in [4.69, 9.17) is 4.98 Å². The molecule has 5 nitrogen and oxygen atoms in total. The van der Waals surface area contributed by atoms with E-state index in [0.29, 0.717) is 22.6 Å². The number of hydrogen-bond donors (Lipinski definition) is 1. The zero-order chi connectivity index (χ0) is 18.6. The highest BCUT2D eigenvalue weighted by Crippen LogP contribution is 2.49. The molecule has 0 radical (unpaired) electrons. The van der Waals surface area contributed by atoms with Crippen LogP contribution in [0.1, 0.15) is 30.9 Å². The van der Waals surface area contributed by atoms with Crippen LogP contribution in [-0.4, -0.2) is 31.3 Å². The van der Waals surface area contributed by atoms with Crippen molar-refractivity contribution in [2.24, 2.45) is 0 Å². The number of fused-ring (bicyclic) bond motifs is 2. The van der Waals surface area contributed by atoms with Crippen molar-refractivity contribution in [1.82, 2.24) is 19.6 Å². The van der Waals surface area contributed by atoms with Gasteiger partial charge in [-0.15, -0.1) is 10.2 Å². The molecule has 5 rings (SSSR count). The van der Waals surface area contributed by atoms with Gasteiger partial charge < -0.3 is 5.11 Å². The average Bonchev–Trinajstić information content (AvgIpc) is 3.38. The summed E-state index contributed by atoms with van der Waals surface area (Å²) in [5.41, 5.74) is 3.46. The molecule has 1 fully saturated rings. The van der Waals surface area contributed by atoms with Crippen molar-refractivity contribution in [3.63, 3.8) is 0 Å². The first-order valence-corrected chi connectivity index (χ1v) is 9.19. The molecule has 6 heteroatoms. The standard InChI is InChI=1S/C21H19FN4O/c1-2-13-3-6-19-24-25-20(26(19)11-13)17-5-4-14-9-16(22)15(10-18(14)23-17)21(12-27)7-8-21/h3-6,9-11,27H,2,7-8,12H2,1H3. The minimum atomic E-state index is -0.437. The average molecular weight is 362 g/mol. The van der Waals surface area contributed by atoms with Crippen LogP contribution < -0.4 is 0 Å². The predicted molar refractivity (Wildman–Crippen MR) is 101 cm³/mol. The maximum atomic E-state index is 14.5. The summed E-state index contributed by atoms with van der Waals surface area (Å²) in [4.78, 5) is 4.73. The highest BCUT2D eigenvalue weighted by atomic mass is 19.1. The minimum Gasteiger partial charge on any atom is -0.395 e. The summed E-state index contributed by atoms with van der Waals surface area (Å²) in [6, 6.07) is 11.0. The summed E-state index contributed by atoms with van der Waals surface area (Å²) < 4.78 is 16.5. The maximum Gasteiger partial charge on any atom is 0.187 e. The number of rotatable bonds is 4. The number of aliphatic hydroxyl groups excluding tert-OH is 1. The Hall–Kier alpha value is -2.86. The van der Waals surface area contributed by atoms with Crippen LogP contribution >= 0.6 is 0 Å². The number of aromatic nitrogens is 4. The number of aryl methyl sites for hydroxylation is 1. The number of hydrogen-bond acceptors (Lipinski definition) is 4. The second-order valence-corrected chi connectivity index (χ2v) is 7.30. The quantitative estimate of drug-likeness (QED) is 0.602. The Morgan fingerprint density at radius 3 is 2.74 bits per heavy atom. The lowest BCUT2D eigenvalue weighted by Gasteiger charge is -2.14. The van der Waals surface area contributed by atoms with E-state index in [2.05, 4.69) is 17.1 Å². The molecule has 136 valence electrons. The van der Waals surface area contributed by atoms with Crippen molar-refractivity contribution >= 4 is 16.6 Å². The molecule has 0 amide bonds. The van der Waals surface area contributed by atoms with Gasteiger partial charge in [0, 0.05) is 17.0 Å². The molecule has 3 heterocycles. The zero-order valence-electron chi connectivity index (χ0n) is 15.0. The maximum absolute atomic E-state index is 14.5. The van der Waals surface area contributed by atoms with Gasteiger partial charge in [0.2, 0.25) is 0 Å². The van der Waals surface area contributed by atoms with Crippen molar-refractivity contribution in [2.45, 2.75) is 31.6 Å². The monoisotopic (exact) mass is 362 g/mol. The molecule has 0 bridgehead atoms. The Morgan fingerprint density at radius 2 is 2.00 bits per heavy atom. The van der Waals surface area contributed by atoms with Crippen LogP contribution in [0.15, 0.2) is 42.6 Å². The smallest absolute Gasteiger partial charge is 0.187 e. The molecule has 0 saturated heterocycles. The van der Waals surface area contributed by atoms with Gasteiger partial charge in [-0.2, -0.15) is 0 Å². The minimum absolute atomic E-state index is 0.0380. The summed E-state index contributed by atoms with van der Waals surface area (Å²) in [5, 5.41) is 18.9. The Balaban J connectivity index is 1.67. The van der Waals surface area contributed by atoms with E-state index in [1.54, 1.807) is 6.07 Å². The molecule has 1 aromatic carbocycles. The van der Waals surface area contributed by atoms with E-state index >= 15 is 0 Å². The molecule has 4 aromatic rings. The third kappa shape index (κ3) is 2.51. The summed E-state index contributed by atoms with van der Waals surface area (Å²) in [6.07, 6.45) is 4.56. The number of pyridine rings is 2. The van der Waals surface area contributed by atoms with E-state index < -0.39 is 5.41 Å². The summed E-state index contributed by atoms with van der Waals surface area (Å²) >= 11 is 0. The molecule has 1 aliphatic rings. The largest absolute Gasteiger partial charge is 0.395 e. The molecule has 1 saturated carbocycles. The van der Waals surface area contributed by atoms with Gasteiger partial charge in [-0.25, -0.2) is 9.37 Å². The van der Waals surface area contributed by atoms with Gasteiger partial charge in [0.1, 0.15) is 11.5 Å². The van der Waals surface area contributed by atoms with Crippen LogP contribution in [0.2, 0.25) is 0 Å². The fraction of sp³-hybridized carbons (Fsp3) is 0.286. The van der Waals surface area contributed by atoms with Crippen molar-refractivity contribution in [1.29, 1.82) is 0 Å². The van der Waals surface area contributed by atoms with Gasteiger partial charge in [-0.1, -0.05) is 19.1 Å². The van der Waals surface area contributed by atoms with E-state index in [1.807, 2.05) is 34.9 Å². The molecule has 0 spiro atoms. The van der Waals surface area contributed by atoms with Gasteiger partial charge in [-0.05, 0) is 54.7 Å². The lowest BCUT2D eigenvalue weighted by Crippen LogP contribution is -2.14. The lowest BCUT2D eigenvalue weighted by molar-refractivity contribution is 0.252. The van der Waals surface area contributed by atoms with E-state index in [9.17, 15) is 9.50 Å². The van der Waals surface area contributed by atoms with Crippen LogP contribution in [0.3, 0.4) is 0 Å². The first kappa shape index (κ1) is 16.3. The van der Waals surface area contributed by atoms with Crippen molar-refractivity contribution in [3.8, 4) is 11.5 Å². The molecule has 0 atom stereocenters. The highest BCUT2D eigenvalue weighted by Gasteiger charge is 2.45. The topological polar surface area (TPSA) is 63.3 Å². The van der Waals surface area contributed by atoms with Crippen LogP contribution in [-0.2, 0) is 11.8 Å². The van der Waals surface area contributed by atoms with Crippen LogP contribution in [0.5, 0.6) is 0 Å². The van der Waals surface area contributed by atoms with Crippen molar-refractivity contribution in [3.05, 3.63) is 59.5 Å². The second-order valence-electron chi connectivity index (χ2n) is 7.30. The van der Waals surface area contributed by atoms with E-state index in [0.717, 1.165) is 30.3 Å². The molecule has 0 aliphatic heterocycles. The molecular formula is C21H19FN4O. The molecular weight excluding hydrogens is 343 g/mol. The van der Waals surface area contributed by atoms with Crippen LogP contribution in [0.25, 0.3) is 28.1 Å². The summed E-state index contributed by atoms with van der Waals surface area (Å²) in [7, 11) is 0. The molecule has 27 heavy (non-hydrogen) atoms. The van der Waals surface area contributed by atoms with Gasteiger partial charge >= 0.3 is 0 Å². The highest BCUT2D eigenvalue weighted by molar-refractivity contribution is 5.82. The summed E-state index contributed by atoms with van der Waals surface area (Å²) in [5.74, 6) is 0.389. The first-order valence-electron chi connectivity index (χ1n) is 9.19. The second kappa shape index (κ2) is 5.82. The Kier molecular flexibility index (Phi) is 3.52. The number of aliphatic hydroxyl groups is 1. The predicted octanol–water partition coefficient (Wildman–Crippen LogP) is 3.67. The summed E-state index contributed by atoms with van der Waals surface area (Å²) in [6.45, 7) is 2.06. The normalized spacial score (nSPS) is 15.5. The Morgan fingerprint density at radius 1 is 1.15 bits per heavy atom. The third-order valence-corrected chi connectivity index (χ3v) is 5.61.